The van der Waals surface area contributed by atoms with Crippen molar-refractivity contribution in [2.45, 2.75) is 96.3 Å². The standard InChI is InChI=1S/C36H48ClN3O6S/c1-11-47(44,45)22-13-14-28(25(17-22)35(5,6)7)40(33(39)43)29-19-27(37)23(18-30(29)41)24(32(38)42)20-46-31-15-12-21(34(2,3)4)16-26(31)36(8,9)10/h12-19,24,41H,11,20H2,1-10H3,(H2,38,42)(H2,39,43). The number of phenolic OH excluding ortho intramolecular Hbond substituents is 1. The molecule has 3 rings (SSSR count). The van der Waals surface area contributed by atoms with E-state index in [-0.39, 0.29) is 50.0 Å². The molecule has 9 nitrogen and oxygen atoms in total. The molecule has 0 aromatic heterocycles. The lowest BCUT2D eigenvalue weighted by Crippen LogP contribution is -2.34. The second kappa shape index (κ2) is 13.4. The van der Waals surface area contributed by atoms with E-state index in [1.807, 2.05) is 32.9 Å². The van der Waals surface area contributed by atoms with E-state index in [0.717, 1.165) is 16.0 Å². The first kappa shape index (κ1) is 37.7. The normalized spacial score (nSPS) is 13.3. The van der Waals surface area contributed by atoms with Crippen LogP contribution in [0, 0.1) is 0 Å². The lowest BCUT2D eigenvalue weighted by Gasteiger charge is -2.30. The lowest BCUT2D eigenvalue weighted by molar-refractivity contribution is -0.120. The van der Waals surface area contributed by atoms with Gasteiger partial charge in [0.05, 0.1) is 27.9 Å². The largest absolute Gasteiger partial charge is 0.506 e. The van der Waals surface area contributed by atoms with Gasteiger partial charge in [0.15, 0.2) is 9.84 Å². The summed E-state index contributed by atoms with van der Waals surface area (Å²) in [6, 6.07) is 12.0. The maximum absolute atomic E-state index is 12.9. The SMILES string of the molecule is CCS(=O)(=O)c1ccc(N(C(N)=O)c2cc(Cl)c(C(COc3ccc(C(C)(C)C)cc3C(C)(C)C)C(N)=O)cc2O)c(C(C)(C)C)c1. The summed E-state index contributed by atoms with van der Waals surface area (Å²) in [5.74, 6) is -1.68. The summed E-state index contributed by atoms with van der Waals surface area (Å²) in [7, 11) is -3.55. The minimum Gasteiger partial charge on any atom is -0.506 e. The topological polar surface area (TPSA) is 153 Å². The number of rotatable bonds is 9. The Morgan fingerprint density at radius 2 is 1.45 bits per heavy atom. The molecule has 0 saturated carbocycles. The molecule has 256 valence electrons. The molecule has 0 aliphatic rings. The molecule has 0 saturated heterocycles. The van der Waals surface area contributed by atoms with Crippen molar-refractivity contribution in [2.24, 2.45) is 11.5 Å². The summed E-state index contributed by atoms with van der Waals surface area (Å²) in [6.07, 6.45) is 0. The number of amides is 3. The average molecular weight is 686 g/mol. The number of hydrogen-bond acceptors (Lipinski definition) is 6. The van der Waals surface area contributed by atoms with Crippen molar-refractivity contribution in [1.29, 1.82) is 0 Å². The van der Waals surface area contributed by atoms with Crippen LogP contribution in [-0.2, 0) is 30.9 Å². The fourth-order valence-corrected chi connectivity index (χ4v) is 6.45. The van der Waals surface area contributed by atoms with Crippen molar-refractivity contribution in [3.8, 4) is 11.5 Å². The molecule has 47 heavy (non-hydrogen) atoms. The summed E-state index contributed by atoms with van der Waals surface area (Å²) in [6.45, 7) is 19.6. The van der Waals surface area contributed by atoms with Crippen LogP contribution in [-0.4, -0.2) is 37.8 Å². The minimum absolute atomic E-state index is 0.0399. The molecular weight excluding hydrogens is 638 g/mol. The predicted molar refractivity (Wildman–Crippen MR) is 189 cm³/mol. The van der Waals surface area contributed by atoms with Gasteiger partial charge in [0, 0.05) is 5.02 Å². The van der Waals surface area contributed by atoms with Crippen LogP contribution in [0.2, 0.25) is 5.02 Å². The van der Waals surface area contributed by atoms with Gasteiger partial charge < -0.3 is 21.3 Å². The number of anilines is 2. The number of benzene rings is 3. The van der Waals surface area contributed by atoms with Gasteiger partial charge in [-0.15, -0.1) is 0 Å². The summed E-state index contributed by atoms with van der Waals surface area (Å²) in [5.41, 5.74) is 13.7. The Bertz CT molecular complexity index is 1780. The highest BCUT2D eigenvalue weighted by atomic mass is 35.5. The molecular formula is C36H48ClN3O6S. The third kappa shape index (κ3) is 8.40. The minimum atomic E-state index is -3.55. The van der Waals surface area contributed by atoms with Crippen molar-refractivity contribution in [1.82, 2.24) is 0 Å². The van der Waals surface area contributed by atoms with Crippen LogP contribution < -0.4 is 21.1 Å². The van der Waals surface area contributed by atoms with E-state index in [1.54, 1.807) is 6.92 Å². The Morgan fingerprint density at radius 1 is 0.851 bits per heavy atom. The first-order valence-corrected chi connectivity index (χ1v) is 17.5. The zero-order chi connectivity index (χ0) is 35.9. The quantitative estimate of drug-likeness (QED) is 0.211. The Kier molecular flexibility index (Phi) is 10.7. The Morgan fingerprint density at radius 3 is 1.94 bits per heavy atom. The number of sulfone groups is 1. The van der Waals surface area contributed by atoms with Crippen LogP contribution in [0.3, 0.4) is 0 Å². The van der Waals surface area contributed by atoms with E-state index in [2.05, 4.69) is 47.6 Å². The molecule has 3 aromatic carbocycles. The summed E-state index contributed by atoms with van der Waals surface area (Å²) in [4.78, 5) is 26.9. The maximum Gasteiger partial charge on any atom is 0.324 e. The summed E-state index contributed by atoms with van der Waals surface area (Å²) in [5, 5.41) is 11.3. The molecule has 0 spiro atoms. The van der Waals surface area contributed by atoms with E-state index in [9.17, 15) is 23.1 Å². The molecule has 0 aliphatic carbocycles. The third-order valence-electron chi connectivity index (χ3n) is 8.09. The number of nitrogens with two attached hydrogens (primary N) is 2. The molecule has 0 bridgehead atoms. The van der Waals surface area contributed by atoms with E-state index < -0.39 is 38.9 Å². The molecule has 0 aliphatic heterocycles. The van der Waals surface area contributed by atoms with E-state index in [1.165, 1.54) is 30.3 Å². The van der Waals surface area contributed by atoms with E-state index in [0.29, 0.717) is 11.3 Å². The fourth-order valence-electron chi connectivity index (χ4n) is 5.26. The fraction of sp³-hybridized carbons (Fsp3) is 0.444. The van der Waals surface area contributed by atoms with Gasteiger partial charge in [0.1, 0.15) is 18.1 Å². The van der Waals surface area contributed by atoms with Gasteiger partial charge in [0.25, 0.3) is 0 Å². The molecule has 0 radical (unpaired) electrons. The van der Waals surface area contributed by atoms with Crippen molar-refractivity contribution in [3.05, 3.63) is 75.8 Å². The number of primary amides is 2. The molecule has 0 heterocycles. The van der Waals surface area contributed by atoms with Gasteiger partial charge in [-0.2, -0.15) is 0 Å². The monoisotopic (exact) mass is 685 g/mol. The molecule has 3 amide bonds. The highest BCUT2D eigenvalue weighted by molar-refractivity contribution is 7.91. The molecule has 0 fully saturated rings. The highest BCUT2D eigenvalue weighted by Crippen LogP contribution is 2.44. The van der Waals surface area contributed by atoms with Gasteiger partial charge in [-0.3, -0.25) is 9.69 Å². The summed E-state index contributed by atoms with van der Waals surface area (Å²) >= 11 is 6.73. The summed E-state index contributed by atoms with van der Waals surface area (Å²) < 4.78 is 31.6. The van der Waals surface area contributed by atoms with Gasteiger partial charge in [-0.05, 0) is 74.9 Å². The van der Waals surface area contributed by atoms with Crippen molar-refractivity contribution in [3.63, 3.8) is 0 Å². The number of halogens is 1. The van der Waals surface area contributed by atoms with Crippen LogP contribution >= 0.6 is 11.6 Å². The van der Waals surface area contributed by atoms with Crippen LogP contribution in [0.1, 0.15) is 97.4 Å². The van der Waals surface area contributed by atoms with Crippen LogP contribution in [0.25, 0.3) is 0 Å². The van der Waals surface area contributed by atoms with Gasteiger partial charge in [-0.25, -0.2) is 13.2 Å². The van der Waals surface area contributed by atoms with Crippen LogP contribution in [0.15, 0.2) is 53.4 Å². The van der Waals surface area contributed by atoms with Gasteiger partial charge in [0.2, 0.25) is 5.91 Å². The zero-order valence-corrected chi connectivity index (χ0v) is 30.6. The number of carbonyl (C=O) groups excluding carboxylic acids is 2. The first-order valence-electron chi connectivity index (χ1n) is 15.5. The Labute approximate surface area is 284 Å². The van der Waals surface area contributed by atoms with E-state index in [4.69, 9.17) is 27.8 Å². The number of ether oxygens (including phenoxy) is 1. The maximum atomic E-state index is 12.9. The number of phenols is 1. The highest BCUT2D eigenvalue weighted by Gasteiger charge is 2.31. The molecule has 5 N–H and O–H groups in total. The number of aromatic hydroxyl groups is 1. The van der Waals surface area contributed by atoms with Crippen LogP contribution in [0.5, 0.6) is 11.5 Å². The second-order valence-corrected chi connectivity index (χ2v) is 17.5. The van der Waals surface area contributed by atoms with Crippen molar-refractivity contribution >= 4 is 44.8 Å². The van der Waals surface area contributed by atoms with Crippen molar-refractivity contribution in [2.75, 3.05) is 17.3 Å². The Balaban J connectivity index is 2.10. The predicted octanol–water partition coefficient (Wildman–Crippen LogP) is 7.60. The number of hydrogen-bond donors (Lipinski definition) is 3. The molecule has 3 aromatic rings. The van der Waals surface area contributed by atoms with Gasteiger partial charge in [-0.1, -0.05) is 93.0 Å². The zero-order valence-electron chi connectivity index (χ0n) is 29.0. The third-order valence-corrected chi connectivity index (χ3v) is 10.1. The molecule has 11 heteroatoms. The smallest absolute Gasteiger partial charge is 0.324 e. The van der Waals surface area contributed by atoms with Gasteiger partial charge >= 0.3 is 6.03 Å². The molecule has 1 unspecified atom stereocenters. The van der Waals surface area contributed by atoms with E-state index >= 15 is 0 Å². The number of carbonyl (C=O) groups is 2. The number of urea groups is 1. The van der Waals surface area contributed by atoms with Crippen molar-refractivity contribution < 1.29 is 27.9 Å². The molecule has 1 atom stereocenters. The van der Waals surface area contributed by atoms with Crippen LogP contribution in [0.4, 0.5) is 16.2 Å². The first-order chi connectivity index (χ1) is 21.4. The second-order valence-electron chi connectivity index (χ2n) is 14.8. The number of nitrogens with zero attached hydrogens (tertiary/aromatic N) is 1. The Hall–Kier alpha value is -3.76. The lowest BCUT2D eigenvalue weighted by atomic mass is 9.80. The average Bonchev–Trinajstić information content (AvgIpc) is 2.93.